The van der Waals surface area contributed by atoms with Crippen molar-refractivity contribution in [1.82, 2.24) is 0 Å². The van der Waals surface area contributed by atoms with Crippen molar-refractivity contribution in [3.63, 3.8) is 0 Å². The zero-order valence-corrected chi connectivity index (χ0v) is 6.78. The van der Waals surface area contributed by atoms with Crippen LogP contribution < -0.4 is 0 Å². The van der Waals surface area contributed by atoms with Crippen LogP contribution in [-0.2, 0) is 19.7 Å². The highest BCUT2D eigenvalue weighted by atomic mass is 32.2. The van der Waals surface area contributed by atoms with E-state index in [-0.39, 0.29) is 6.42 Å². The van der Waals surface area contributed by atoms with E-state index in [2.05, 4.69) is 8.37 Å². The fourth-order valence-corrected chi connectivity index (χ4v) is 1.33. The molecule has 1 saturated heterocycles. The standard InChI is InChI=1S/C5H10O5S/c1-3(6)2-4(7)5-9-11(8)10-5/h3-7H,2H2,1H3. The van der Waals surface area contributed by atoms with Gasteiger partial charge in [0.25, 0.3) is 0 Å². The van der Waals surface area contributed by atoms with Gasteiger partial charge in [0.2, 0.25) is 6.29 Å². The first-order chi connectivity index (χ1) is 5.09. The number of aliphatic hydroxyl groups is 2. The maximum Gasteiger partial charge on any atom is 0.310 e. The zero-order chi connectivity index (χ0) is 8.43. The van der Waals surface area contributed by atoms with Gasteiger partial charge < -0.3 is 10.2 Å². The van der Waals surface area contributed by atoms with E-state index in [0.29, 0.717) is 0 Å². The Morgan fingerprint density at radius 3 is 2.45 bits per heavy atom. The summed E-state index contributed by atoms with van der Waals surface area (Å²) in [6, 6.07) is 0. The molecule has 1 heterocycles. The highest BCUT2D eigenvalue weighted by Gasteiger charge is 2.35. The van der Waals surface area contributed by atoms with Crippen molar-refractivity contribution in [1.29, 1.82) is 0 Å². The summed E-state index contributed by atoms with van der Waals surface area (Å²) in [4.78, 5) is 0. The third-order valence-corrected chi connectivity index (χ3v) is 1.94. The van der Waals surface area contributed by atoms with Crippen molar-refractivity contribution in [2.24, 2.45) is 0 Å². The van der Waals surface area contributed by atoms with Gasteiger partial charge in [-0.25, -0.2) is 8.37 Å². The van der Waals surface area contributed by atoms with Crippen molar-refractivity contribution < 1.29 is 22.8 Å². The molecule has 2 N–H and O–H groups in total. The molecule has 0 amide bonds. The minimum absolute atomic E-state index is 0.155. The van der Waals surface area contributed by atoms with Gasteiger partial charge in [0.15, 0.2) is 0 Å². The maximum atomic E-state index is 10.2. The van der Waals surface area contributed by atoms with Gasteiger partial charge >= 0.3 is 11.4 Å². The third kappa shape index (κ3) is 2.49. The first-order valence-corrected chi connectivity index (χ1v) is 4.21. The molecule has 1 aliphatic rings. The molecule has 11 heavy (non-hydrogen) atoms. The smallest absolute Gasteiger partial charge is 0.310 e. The average molecular weight is 182 g/mol. The second-order valence-corrected chi connectivity index (χ2v) is 3.21. The van der Waals surface area contributed by atoms with E-state index in [0.717, 1.165) is 0 Å². The fraction of sp³-hybridized carbons (Fsp3) is 1.00. The van der Waals surface area contributed by atoms with E-state index in [1.54, 1.807) is 6.92 Å². The van der Waals surface area contributed by atoms with Gasteiger partial charge in [0.1, 0.15) is 6.10 Å². The molecule has 0 spiro atoms. The van der Waals surface area contributed by atoms with Gasteiger partial charge in [-0.1, -0.05) is 0 Å². The Morgan fingerprint density at radius 2 is 2.09 bits per heavy atom. The molecule has 2 atom stereocenters. The number of rotatable bonds is 3. The van der Waals surface area contributed by atoms with E-state index in [1.807, 2.05) is 0 Å². The van der Waals surface area contributed by atoms with Crippen molar-refractivity contribution >= 4 is 11.4 Å². The van der Waals surface area contributed by atoms with E-state index < -0.39 is 29.9 Å². The highest BCUT2D eigenvalue weighted by Crippen LogP contribution is 2.19. The lowest BCUT2D eigenvalue weighted by molar-refractivity contribution is -0.143. The molecular weight excluding hydrogens is 172 g/mol. The number of hydrogen-bond donors (Lipinski definition) is 2. The lowest BCUT2D eigenvalue weighted by atomic mass is 10.2. The molecule has 1 aliphatic heterocycles. The molecule has 2 unspecified atom stereocenters. The SMILES string of the molecule is CC(O)CC(O)C1OS(=O)O1. The molecule has 1 fully saturated rings. The summed E-state index contributed by atoms with van der Waals surface area (Å²) in [5.74, 6) is 0. The topological polar surface area (TPSA) is 76.0 Å². The average Bonchev–Trinajstić information content (AvgIpc) is 1.79. The molecule has 0 radical (unpaired) electrons. The molecule has 0 bridgehead atoms. The molecule has 0 aromatic carbocycles. The lowest BCUT2D eigenvalue weighted by Crippen LogP contribution is -2.42. The number of hydrogen-bond acceptors (Lipinski definition) is 5. The second-order valence-electron chi connectivity index (χ2n) is 2.42. The van der Waals surface area contributed by atoms with E-state index >= 15 is 0 Å². The summed E-state index contributed by atoms with van der Waals surface area (Å²) in [5, 5.41) is 17.9. The van der Waals surface area contributed by atoms with Crippen LogP contribution in [0.2, 0.25) is 0 Å². The number of aliphatic hydroxyl groups excluding tert-OH is 2. The molecule has 0 aromatic heterocycles. The van der Waals surface area contributed by atoms with E-state index in [9.17, 15) is 4.21 Å². The Kier molecular flexibility index (Phi) is 2.97. The van der Waals surface area contributed by atoms with Crippen LogP contribution in [-0.4, -0.2) is 32.9 Å². The van der Waals surface area contributed by atoms with Gasteiger partial charge in [-0.05, 0) is 6.92 Å². The molecule has 6 heteroatoms. The Labute approximate surface area is 66.8 Å². The zero-order valence-electron chi connectivity index (χ0n) is 5.97. The quantitative estimate of drug-likeness (QED) is 0.589. The fourth-order valence-electron chi connectivity index (χ4n) is 0.751. The van der Waals surface area contributed by atoms with Gasteiger partial charge in [0.05, 0.1) is 6.10 Å². The van der Waals surface area contributed by atoms with Crippen LogP contribution in [0.3, 0.4) is 0 Å². The van der Waals surface area contributed by atoms with E-state index in [1.165, 1.54) is 0 Å². The molecule has 1 rings (SSSR count). The predicted octanol–water partition coefficient (Wildman–Crippen LogP) is -0.930. The van der Waals surface area contributed by atoms with Gasteiger partial charge in [-0.15, -0.1) is 0 Å². The molecule has 66 valence electrons. The Morgan fingerprint density at radius 1 is 1.55 bits per heavy atom. The van der Waals surface area contributed by atoms with Gasteiger partial charge in [-0.2, -0.15) is 4.21 Å². The summed E-state index contributed by atoms with van der Waals surface area (Å²) in [6.07, 6.45) is -2.22. The lowest BCUT2D eigenvalue weighted by Gasteiger charge is -2.28. The monoisotopic (exact) mass is 182 g/mol. The minimum Gasteiger partial charge on any atom is -0.393 e. The summed E-state index contributed by atoms with van der Waals surface area (Å²) in [7, 11) is 0. The molecular formula is C5H10O5S. The summed E-state index contributed by atoms with van der Waals surface area (Å²) < 4.78 is 19.2. The predicted molar refractivity (Wildman–Crippen MR) is 36.4 cm³/mol. The van der Waals surface area contributed by atoms with Crippen LogP contribution in [0.5, 0.6) is 0 Å². The normalized spacial score (nSPS) is 35.9. The summed E-state index contributed by atoms with van der Waals surface area (Å²) in [6.45, 7) is 1.54. The first kappa shape index (κ1) is 9.08. The highest BCUT2D eigenvalue weighted by molar-refractivity contribution is 7.76. The van der Waals surface area contributed by atoms with Crippen molar-refractivity contribution in [2.45, 2.75) is 31.8 Å². The molecule has 0 saturated carbocycles. The van der Waals surface area contributed by atoms with Gasteiger partial charge in [-0.3, -0.25) is 0 Å². The molecule has 5 nitrogen and oxygen atoms in total. The van der Waals surface area contributed by atoms with Crippen molar-refractivity contribution in [3.8, 4) is 0 Å². The maximum absolute atomic E-state index is 10.2. The summed E-state index contributed by atoms with van der Waals surface area (Å²) in [5.41, 5.74) is 0. The third-order valence-electron chi connectivity index (χ3n) is 1.24. The van der Waals surface area contributed by atoms with Crippen molar-refractivity contribution in [3.05, 3.63) is 0 Å². The van der Waals surface area contributed by atoms with Crippen LogP contribution in [0.25, 0.3) is 0 Å². The summed E-state index contributed by atoms with van der Waals surface area (Å²) >= 11 is -1.70. The van der Waals surface area contributed by atoms with Gasteiger partial charge in [0, 0.05) is 6.42 Å². The minimum atomic E-state index is -1.70. The largest absolute Gasteiger partial charge is 0.393 e. The van der Waals surface area contributed by atoms with Crippen molar-refractivity contribution in [2.75, 3.05) is 0 Å². The Bertz CT molecular complexity index is 151. The van der Waals surface area contributed by atoms with Crippen LogP contribution in [0, 0.1) is 0 Å². The molecule has 0 aromatic rings. The Hall–Kier alpha value is -0.0100. The van der Waals surface area contributed by atoms with Crippen LogP contribution >= 0.6 is 0 Å². The van der Waals surface area contributed by atoms with Crippen LogP contribution in [0.4, 0.5) is 0 Å². The van der Waals surface area contributed by atoms with Crippen LogP contribution in [0.1, 0.15) is 13.3 Å². The first-order valence-electron chi connectivity index (χ1n) is 3.21. The van der Waals surface area contributed by atoms with Crippen LogP contribution in [0.15, 0.2) is 0 Å². The van der Waals surface area contributed by atoms with E-state index in [4.69, 9.17) is 10.2 Å². The molecule has 0 aliphatic carbocycles. The second kappa shape index (κ2) is 3.59. The Balaban J connectivity index is 2.20.